The van der Waals surface area contributed by atoms with Crippen molar-refractivity contribution in [1.29, 1.82) is 0 Å². The maximum absolute atomic E-state index is 5.69. The van der Waals surface area contributed by atoms with Crippen LogP contribution in [0.25, 0.3) is 10.6 Å². The van der Waals surface area contributed by atoms with Gasteiger partial charge in [-0.15, -0.1) is 11.3 Å². The Hall–Kier alpha value is -1.43. The summed E-state index contributed by atoms with van der Waals surface area (Å²) in [5.41, 5.74) is 2.14. The Labute approximate surface area is 130 Å². The fourth-order valence-electron chi connectivity index (χ4n) is 2.01. The van der Waals surface area contributed by atoms with Crippen molar-refractivity contribution < 1.29 is 9.47 Å². The fourth-order valence-corrected chi connectivity index (χ4v) is 3.07. The minimum Gasteiger partial charge on any atom is -0.493 e. The molecule has 1 N–H and O–H groups in total. The van der Waals surface area contributed by atoms with E-state index in [-0.39, 0.29) is 0 Å². The first-order chi connectivity index (χ1) is 10.3. The summed E-state index contributed by atoms with van der Waals surface area (Å²) in [4.78, 5) is 5.95. The fraction of sp³-hybridized carbons (Fsp3) is 0.438. The Morgan fingerprint density at radius 2 is 2.10 bits per heavy atom. The van der Waals surface area contributed by atoms with Crippen LogP contribution in [0.5, 0.6) is 5.75 Å². The zero-order chi connectivity index (χ0) is 15.1. The first-order valence-corrected chi connectivity index (χ1v) is 7.96. The van der Waals surface area contributed by atoms with E-state index < -0.39 is 0 Å². The summed E-state index contributed by atoms with van der Waals surface area (Å²) in [5.74, 6) is 0.896. The largest absolute Gasteiger partial charge is 0.493 e. The van der Waals surface area contributed by atoms with Crippen LogP contribution in [0.1, 0.15) is 17.5 Å². The zero-order valence-electron chi connectivity index (χ0n) is 12.8. The van der Waals surface area contributed by atoms with Gasteiger partial charge in [-0.1, -0.05) is 12.1 Å². The van der Waals surface area contributed by atoms with E-state index >= 15 is 0 Å². The molecule has 0 aliphatic heterocycles. The quantitative estimate of drug-likeness (QED) is 0.760. The molecule has 1 aromatic heterocycles. The summed E-state index contributed by atoms with van der Waals surface area (Å²) in [5, 5.41) is 4.38. The van der Waals surface area contributed by atoms with Gasteiger partial charge in [0.05, 0.1) is 24.5 Å². The van der Waals surface area contributed by atoms with E-state index in [4.69, 9.17) is 9.47 Å². The Bertz CT molecular complexity index is 569. The Kier molecular flexibility index (Phi) is 6.17. The van der Waals surface area contributed by atoms with Crippen LogP contribution < -0.4 is 10.1 Å². The predicted octanol–water partition coefficient (Wildman–Crippen LogP) is 3.25. The molecule has 0 aliphatic carbocycles. The maximum Gasteiger partial charge on any atom is 0.129 e. The third-order valence-corrected chi connectivity index (χ3v) is 4.27. The van der Waals surface area contributed by atoms with E-state index in [0.717, 1.165) is 41.7 Å². The molecule has 2 rings (SSSR count). The first kappa shape index (κ1) is 15.9. The van der Waals surface area contributed by atoms with Gasteiger partial charge >= 0.3 is 0 Å². The first-order valence-electron chi connectivity index (χ1n) is 7.14. The minimum absolute atomic E-state index is 0.660. The molecule has 0 radical (unpaired) electrons. The molecule has 21 heavy (non-hydrogen) atoms. The van der Waals surface area contributed by atoms with E-state index in [1.165, 1.54) is 4.88 Å². The molecule has 2 aromatic rings. The molecule has 0 saturated carbocycles. The van der Waals surface area contributed by atoms with Crippen LogP contribution in [0.4, 0.5) is 0 Å². The third-order valence-electron chi connectivity index (χ3n) is 3.08. The molecular weight excluding hydrogens is 284 g/mol. The second-order valence-corrected chi connectivity index (χ2v) is 5.71. The van der Waals surface area contributed by atoms with Crippen LogP contribution in [-0.4, -0.2) is 31.9 Å². The molecule has 114 valence electrons. The Morgan fingerprint density at radius 1 is 1.29 bits per heavy atom. The standard InChI is InChI=1S/C16H22N2O2S/c1-4-20-14-8-6-5-7-13(14)16-18-12(2)15(21-16)11-17-9-10-19-3/h5-8,17H,4,9-11H2,1-3H3. The number of rotatable bonds is 8. The second kappa shape index (κ2) is 8.12. The average molecular weight is 306 g/mol. The number of nitrogens with zero attached hydrogens (tertiary/aromatic N) is 1. The highest BCUT2D eigenvalue weighted by Gasteiger charge is 2.12. The van der Waals surface area contributed by atoms with Crippen LogP contribution in [0.15, 0.2) is 24.3 Å². The monoisotopic (exact) mass is 306 g/mol. The molecule has 0 atom stereocenters. The summed E-state index contributed by atoms with van der Waals surface area (Å²) in [6.45, 7) is 7.10. The van der Waals surface area contributed by atoms with E-state index in [9.17, 15) is 0 Å². The van der Waals surface area contributed by atoms with Gasteiger partial charge in [0.2, 0.25) is 0 Å². The van der Waals surface area contributed by atoms with Gasteiger partial charge in [0, 0.05) is 25.1 Å². The number of hydrogen-bond donors (Lipinski definition) is 1. The average Bonchev–Trinajstić information content (AvgIpc) is 2.86. The Balaban J connectivity index is 2.14. The molecule has 0 spiro atoms. The third kappa shape index (κ3) is 4.27. The summed E-state index contributed by atoms with van der Waals surface area (Å²) in [6.07, 6.45) is 0. The van der Waals surface area contributed by atoms with Gasteiger partial charge in [-0.2, -0.15) is 0 Å². The molecule has 5 heteroatoms. The molecule has 0 unspecified atom stereocenters. The predicted molar refractivity (Wildman–Crippen MR) is 87.0 cm³/mol. The highest BCUT2D eigenvalue weighted by Crippen LogP contribution is 2.34. The lowest BCUT2D eigenvalue weighted by atomic mass is 10.2. The minimum atomic E-state index is 0.660. The van der Waals surface area contributed by atoms with Crippen LogP contribution >= 0.6 is 11.3 Å². The van der Waals surface area contributed by atoms with Gasteiger partial charge in [0.15, 0.2) is 0 Å². The van der Waals surface area contributed by atoms with E-state index in [1.54, 1.807) is 18.4 Å². The second-order valence-electron chi connectivity index (χ2n) is 4.63. The van der Waals surface area contributed by atoms with Crippen molar-refractivity contribution in [3.63, 3.8) is 0 Å². The van der Waals surface area contributed by atoms with E-state index in [1.807, 2.05) is 25.1 Å². The topological polar surface area (TPSA) is 43.4 Å². The highest BCUT2D eigenvalue weighted by molar-refractivity contribution is 7.15. The van der Waals surface area contributed by atoms with Crippen molar-refractivity contribution in [3.05, 3.63) is 34.8 Å². The number of ether oxygens (including phenoxy) is 2. The number of para-hydroxylation sites is 1. The maximum atomic E-state index is 5.69. The van der Waals surface area contributed by atoms with Crippen molar-refractivity contribution in [1.82, 2.24) is 10.3 Å². The number of thiazole rings is 1. The summed E-state index contributed by atoms with van der Waals surface area (Å²) in [6, 6.07) is 8.06. The number of aryl methyl sites for hydroxylation is 1. The number of methoxy groups -OCH3 is 1. The Morgan fingerprint density at radius 3 is 2.86 bits per heavy atom. The number of benzene rings is 1. The van der Waals surface area contributed by atoms with Crippen LogP contribution in [0, 0.1) is 6.92 Å². The molecule has 4 nitrogen and oxygen atoms in total. The zero-order valence-corrected chi connectivity index (χ0v) is 13.6. The summed E-state index contributed by atoms with van der Waals surface area (Å²) >= 11 is 1.72. The van der Waals surface area contributed by atoms with Gasteiger partial charge in [-0.3, -0.25) is 0 Å². The lowest BCUT2D eigenvalue weighted by Gasteiger charge is -2.07. The highest BCUT2D eigenvalue weighted by atomic mass is 32.1. The van der Waals surface area contributed by atoms with Gasteiger partial charge < -0.3 is 14.8 Å². The number of hydrogen-bond acceptors (Lipinski definition) is 5. The smallest absolute Gasteiger partial charge is 0.129 e. The lowest BCUT2D eigenvalue weighted by molar-refractivity contribution is 0.199. The van der Waals surface area contributed by atoms with Crippen molar-refractivity contribution >= 4 is 11.3 Å². The van der Waals surface area contributed by atoms with E-state index in [2.05, 4.69) is 23.3 Å². The molecule has 0 bridgehead atoms. The van der Waals surface area contributed by atoms with Crippen LogP contribution in [0.3, 0.4) is 0 Å². The van der Waals surface area contributed by atoms with Crippen molar-refractivity contribution in [2.24, 2.45) is 0 Å². The van der Waals surface area contributed by atoms with Gasteiger partial charge in [-0.25, -0.2) is 4.98 Å². The number of nitrogens with one attached hydrogen (secondary N) is 1. The summed E-state index contributed by atoms with van der Waals surface area (Å²) in [7, 11) is 1.71. The molecule has 0 saturated heterocycles. The molecule has 0 amide bonds. The molecular formula is C16H22N2O2S. The van der Waals surface area contributed by atoms with E-state index in [0.29, 0.717) is 6.61 Å². The SMILES string of the molecule is CCOc1ccccc1-c1nc(C)c(CNCCOC)s1. The normalized spacial score (nSPS) is 10.8. The van der Waals surface area contributed by atoms with Crippen LogP contribution in [-0.2, 0) is 11.3 Å². The molecule has 0 fully saturated rings. The van der Waals surface area contributed by atoms with Crippen molar-refractivity contribution in [3.8, 4) is 16.3 Å². The van der Waals surface area contributed by atoms with Crippen molar-refractivity contribution in [2.45, 2.75) is 20.4 Å². The van der Waals surface area contributed by atoms with Gasteiger partial charge in [0.25, 0.3) is 0 Å². The van der Waals surface area contributed by atoms with Crippen molar-refractivity contribution in [2.75, 3.05) is 26.9 Å². The van der Waals surface area contributed by atoms with Gasteiger partial charge in [0.1, 0.15) is 10.8 Å². The molecule has 1 aromatic carbocycles. The summed E-state index contributed by atoms with van der Waals surface area (Å²) < 4.78 is 10.7. The van der Waals surface area contributed by atoms with Gasteiger partial charge in [-0.05, 0) is 26.0 Å². The molecule has 0 aliphatic rings. The lowest BCUT2D eigenvalue weighted by Crippen LogP contribution is -2.18. The van der Waals surface area contributed by atoms with Crippen LogP contribution in [0.2, 0.25) is 0 Å². The molecule has 1 heterocycles. The number of aromatic nitrogens is 1.